The van der Waals surface area contributed by atoms with E-state index in [1.807, 2.05) is 0 Å². The van der Waals surface area contributed by atoms with Crippen LogP contribution in [0.15, 0.2) is 60.7 Å². The molecule has 2 aromatic carbocycles. The molecule has 0 fully saturated rings. The summed E-state index contributed by atoms with van der Waals surface area (Å²) in [5.74, 6) is 0. The molecule has 3 nitrogen and oxygen atoms in total. The monoisotopic (exact) mass is 267 g/mol. The lowest BCUT2D eigenvalue weighted by molar-refractivity contribution is -0.384. The van der Waals surface area contributed by atoms with E-state index < -0.39 is 0 Å². The van der Waals surface area contributed by atoms with E-state index in [-0.39, 0.29) is 10.6 Å². The number of nitro groups is 1. The van der Waals surface area contributed by atoms with Gasteiger partial charge in [-0.3, -0.25) is 10.1 Å². The first-order valence-electron chi connectivity index (χ1n) is 6.69. The van der Waals surface area contributed by atoms with Gasteiger partial charge >= 0.3 is 0 Å². The van der Waals surface area contributed by atoms with Crippen LogP contribution in [0.3, 0.4) is 0 Å². The fourth-order valence-corrected chi connectivity index (χ4v) is 1.99. The number of non-ortho nitro benzene ring substituents is 1. The van der Waals surface area contributed by atoms with Crippen molar-refractivity contribution in [3.05, 3.63) is 76.4 Å². The van der Waals surface area contributed by atoms with Gasteiger partial charge in [0.2, 0.25) is 0 Å². The molecule has 0 bridgehead atoms. The third-order valence-corrected chi connectivity index (χ3v) is 3.12. The number of allylic oxidation sites excluding steroid dienone is 2. The summed E-state index contributed by atoms with van der Waals surface area (Å²) in [6, 6.07) is 14.9. The van der Waals surface area contributed by atoms with Crippen molar-refractivity contribution in [1.82, 2.24) is 0 Å². The van der Waals surface area contributed by atoms with Gasteiger partial charge in [0.1, 0.15) is 0 Å². The first-order chi connectivity index (χ1) is 9.70. The number of hydrogen-bond acceptors (Lipinski definition) is 2. The molecule has 2 aromatic rings. The molecule has 0 heterocycles. The van der Waals surface area contributed by atoms with Crippen molar-refractivity contribution in [3.8, 4) is 11.1 Å². The Kier molecular flexibility index (Phi) is 4.66. The zero-order valence-corrected chi connectivity index (χ0v) is 11.5. The van der Waals surface area contributed by atoms with Crippen molar-refractivity contribution in [3.63, 3.8) is 0 Å². The van der Waals surface area contributed by atoms with Crippen LogP contribution < -0.4 is 0 Å². The van der Waals surface area contributed by atoms with E-state index in [2.05, 4.69) is 43.3 Å². The smallest absolute Gasteiger partial charge is 0.258 e. The standard InChI is InChI=1S/C17H17NO2/c1-2-3-4-5-14-6-8-15(9-7-14)16-10-12-17(13-11-16)18(19)20/h3-4,6-13H,2,5H2,1H3. The Balaban J connectivity index is 2.13. The third-order valence-electron chi connectivity index (χ3n) is 3.12. The van der Waals surface area contributed by atoms with Crippen molar-refractivity contribution in [2.45, 2.75) is 19.8 Å². The van der Waals surface area contributed by atoms with Crippen molar-refractivity contribution in [1.29, 1.82) is 0 Å². The molecule has 0 amide bonds. The number of nitro benzene ring substituents is 1. The molecule has 2 rings (SSSR count). The molecule has 0 aliphatic heterocycles. The van der Waals surface area contributed by atoms with Gasteiger partial charge in [-0.1, -0.05) is 43.3 Å². The molecule has 3 heteroatoms. The fourth-order valence-electron chi connectivity index (χ4n) is 1.99. The lowest BCUT2D eigenvalue weighted by Gasteiger charge is -2.03. The zero-order chi connectivity index (χ0) is 14.4. The second kappa shape index (κ2) is 6.66. The summed E-state index contributed by atoms with van der Waals surface area (Å²) in [6.45, 7) is 2.12. The van der Waals surface area contributed by atoms with E-state index >= 15 is 0 Å². The number of benzene rings is 2. The molecule has 0 aliphatic carbocycles. The van der Waals surface area contributed by atoms with Crippen molar-refractivity contribution >= 4 is 5.69 Å². The highest BCUT2D eigenvalue weighted by Gasteiger charge is 2.04. The van der Waals surface area contributed by atoms with E-state index in [0.29, 0.717) is 0 Å². The topological polar surface area (TPSA) is 43.1 Å². The molecule has 0 aliphatic rings. The fraction of sp³-hybridized carbons (Fsp3) is 0.176. The molecule has 102 valence electrons. The maximum Gasteiger partial charge on any atom is 0.269 e. The number of hydrogen-bond donors (Lipinski definition) is 0. The predicted octanol–water partition coefficient (Wildman–Crippen LogP) is 4.77. The van der Waals surface area contributed by atoms with Gasteiger partial charge in [0.25, 0.3) is 5.69 Å². The molecule has 20 heavy (non-hydrogen) atoms. The largest absolute Gasteiger partial charge is 0.269 e. The minimum Gasteiger partial charge on any atom is -0.258 e. The van der Waals surface area contributed by atoms with Gasteiger partial charge in [-0.15, -0.1) is 0 Å². The average molecular weight is 267 g/mol. The molecule has 0 saturated carbocycles. The number of rotatable bonds is 5. The lowest BCUT2D eigenvalue weighted by atomic mass is 10.0. The van der Waals surface area contributed by atoms with Gasteiger partial charge in [-0.05, 0) is 41.7 Å². The van der Waals surface area contributed by atoms with E-state index in [0.717, 1.165) is 24.0 Å². The van der Waals surface area contributed by atoms with E-state index in [9.17, 15) is 10.1 Å². The van der Waals surface area contributed by atoms with Crippen molar-refractivity contribution < 1.29 is 4.92 Å². The first-order valence-corrected chi connectivity index (χ1v) is 6.69. The van der Waals surface area contributed by atoms with Gasteiger partial charge in [-0.2, -0.15) is 0 Å². The summed E-state index contributed by atoms with van der Waals surface area (Å²) in [6.07, 6.45) is 6.32. The molecular formula is C17H17NO2. The molecule has 0 unspecified atom stereocenters. The Morgan fingerprint density at radius 2 is 1.50 bits per heavy atom. The molecular weight excluding hydrogens is 250 g/mol. The third kappa shape index (κ3) is 3.54. The Morgan fingerprint density at radius 3 is 2.00 bits per heavy atom. The highest BCUT2D eigenvalue weighted by atomic mass is 16.6. The zero-order valence-electron chi connectivity index (χ0n) is 11.5. The second-order valence-corrected chi connectivity index (χ2v) is 4.58. The van der Waals surface area contributed by atoms with Gasteiger partial charge in [-0.25, -0.2) is 0 Å². The quantitative estimate of drug-likeness (QED) is 0.445. The van der Waals surface area contributed by atoms with Crippen LogP contribution >= 0.6 is 0 Å². The van der Waals surface area contributed by atoms with Crippen LogP contribution in [0.1, 0.15) is 18.9 Å². The Hall–Kier alpha value is -2.42. The minimum atomic E-state index is -0.382. The maximum atomic E-state index is 10.6. The molecule has 0 aromatic heterocycles. The SMILES string of the molecule is CCC=CCc1ccc(-c2ccc([N+](=O)[O-])cc2)cc1. The van der Waals surface area contributed by atoms with Crippen LogP contribution in [0, 0.1) is 10.1 Å². The van der Waals surface area contributed by atoms with Crippen LogP contribution in [0.2, 0.25) is 0 Å². The van der Waals surface area contributed by atoms with E-state index in [4.69, 9.17) is 0 Å². The van der Waals surface area contributed by atoms with Crippen molar-refractivity contribution in [2.75, 3.05) is 0 Å². The normalized spacial score (nSPS) is 10.8. The van der Waals surface area contributed by atoms with Crippen LogP contribution in [-0.2, 0) is 6.42 Å². The van der Waals surface area contributed by atoms with Gasteiger partial charge < -0.3 is 0 Å². The molecule has 0 radical (unpaired) electrons. The van der Waals surface area contributed by atoms with Crippen LogP contribution in [0.4, 0.5) is 5.69 Å². The van der Waals surface area contributed by atoms with E-state index in [1.165, 1.54) is 17.7 Å². The average Bonchev–Trinajstić information content (AvgIpc) is 2.48. The highest BCUT2D eigenvalue weighted by molar-refractivity contribution is 5.65. The van der Waals surface area contributed by atoms with Crippen molar-refractivity contribution in [2.24, 2.45) is 0 Å². The lowest BCUT2D eigenvalue weighted by Crippen LogP contribution is -1.87. The summed E-state index contributed by atoms with van der Waals surface area (Å²) >= 11 is 0. The minimum absolute atomic E-state index is 0.120. The Labute approximate surface area is 118 Å². The Morgan fingerprint density at radius 1 is 0.950 bits per heavy atom. The van der Waals surface area contributed by atoms with Crippen LogP contribution in [0.5, 0.6) is 0 Å². The first kappa shape index (κ1) is 14.0. The maximum absolute atomic E-state index is 10.6. The molecule has 0 spiro atoms. The van der Waals surface area contributed by atoms with E-state index in [1.54, 1.807) is 12.1 Å². The predicted molar refractivity (Wildman–Crippen MR) is 81.7 cm³/mol. The molecule has 0 saturated heterocycles. The summed E-state index contributed by atoms with van der Waals surface area (Å²) in [7, 11) is 0. The van der Waals surface area contributed by atoms with Crippen LogP contribution in [0.25, 0.3) is 11.1 Å². The van der Waals surface area contributed by atoms with Gasteiger partial charge in [0.15, 0.2) is 0 Å². The summed E-state index contributed by atoms with van der Waals surface area (Å²) in [5.41, 5.74) is 3.45. The summed E-state index contributed by atoms with van der Waals surface area (Å²) in [5, 5.41) is 10.6. The van der Waals surface area contributed by atoms with Gasteiger partial charge in [0, 0.05) is 12.1 Å². The van der Waals surface area contributed by atoms with Gasteiger partial charge in [0.05, 0.1) is 4.92 Å². The Bertz CT molecular complexity index is 598. The number of nitrogens with zero attached hydrogens (tertiary/aromatic N) is 1. The highest BCUT2D eigenvalue weighted by Crippen LogP contribution is 2.22. The summed E-state index contributed by atoms with van der Waals surface area (Å²) < 4.78 is 0. The molecule has 0 atom stereocenters. The summed E-state index contributed by atoms with van der Waals surface area (Å²) in [4.78, 5) is 10.2. The second-order valence-electron chi connectivity index (χ2n) is 4.58. The molecule has 0 N–H and O–H groups in total. The van der Waals surface area contributed by atoms with Crippen LogP contribution in [-0.4, -0.2) is 4.92 Å².